The number of allylic oxidation sites excluding steroid dienone is 1. The average Bonchev–Trinajstić information content (AvgIpc) is 2.49. The van der Waals surface area contributed by atoms with Crippen LogP contribution in [0.15, 0.2) is 11.4 Å². The smallest absolute Gasteiger partial charge is 0.225 e. The van der Waals surface area contributed by atoms with Gasteiger partial charge in [-0.3, -0.25) is 4.57 Å². The molecule has 0 saturated heterocycles. The molecule has 1 aliphatic rings. The van der Waals surface area contributed by atoms with E-state index in [4.69, 9.17) is 0 Å². The predicted molar refractivity (Wildman–Crippen MR) is 52.9 cm³/mol. The van der Waals surface area contributed by atoms with Gasteiger partial charge < -0.3 is 10.00 Å². The fraction of sp³-hybridized carbons (Fsp3) is 0.778. The van der Waals surface area contributed by atoms with Crippen LogP contribution < -0.4 is 0 Å². The minimum atomic E-state index is -3.09. The molecule has 0 spiro atoms. The molecular weight excluding hydrogens is 187 g/mol. The summed E-state index contributed by atoms with van der Waals surface area (Å²) in [5, 5.41) is 9.76. The number of unbranched alkanes of at least 4 members (excludes halogenated alkanes) is 1. The maximum absolute atomic E-state index is 11.7. The van der Waals surface area contributed by atoms with Crippen LogP contribution >= 0.6 is 7.37 Å². The van der Waals surface area contributed by atoms with Gasteiger partial charge in [-0.2, -0.15) is 0 Å². The highest BCUT2D eigenvalue weighted by molar-refractivity contribution is 7.62. The lowest BCUT2D eigenvalue weighted by molar-refractivity contribution is 0.223. The Morgan fingerprint density at radius 3 is 2.85 bits per heavy atom. The van der Waals surface area contributed by atoms with Crippen LogP contribution in [0.4, 0.5) is 0 Å². The van der Waals surface area contributed by atoms with Crippen LogP contribution in [0.5, 0.6) is 0 Å². The van der Waals surface area contributed by atoms with E-state index in [0.29, 0.717) is 24.3 Å². The van der Waals surface area contributed by atoms with Gasteiger partial charge in [0.1, 0.15) is 0 Å². The summed E-state index contributed by atoms with van der Waals surface area (Å²) in [5.41, 5.74) is 0. The summed E-state index contributed by atoms with van der Waals surface area (Å²) in [5.74, 6) is 0. The Kier molecular flexibility index (Phi) is 3.72. The van der Waals surface area contributed by atoms with Gasteiger partial charge in [0.05, 0.1) is 6.10 Å². The Balaban J connectivity index is 2.59. The zero-order valence-electron chi connectivity index (χ0n) is 7.94. The monoisotopic (exact) mass is 204 g/mol. The molecule has 1 rings (SSSR count). The van der Waals surface area contributed by atoms with Crippen LogP contribution in [0.3, 0.4) is 0 Å². The summed E-state index contributed by atoms with van der Waals surface area (Å²) in [4.78, 5) is 9.64. The molecule has 0 saturated carbocycles. The van der Waals surface area contributed by atoms with Crippen molar-refractivity contribution >= 4 is 7.37 Å². The van der Waals surface area contributed by atoms with Crippen molar-refractivity contribution in [2.45, 2.75) is 38.7 Å². The minimum absolute atomic E-state index is 0.363. The highest BCUT2D eigenvalue weighted by Gasteiger charge is 2.27. The number of rotatable bonds is 4. The molecule has 4 heteroatoms. The van der Waals surface area contributed by atoms with Crippen LogP contribution in [-0.4, -0.2) is 22.3 Å². The van der Waals surface area contributed by atoms with Gasteiger partial charge in [-0.15, -0.1) is 0 Å². The van der Waals surface area contributed by atoms with E-state index < -0.39 is 13.5 Å². The lowest BCUT2D eigenvalue weighted by Gasteiger charge is -2.11. The SMILES string of the molecule is CCCCP(=O)(O)C1=CC(O)CC1. The average molecular weight is 204 g/mol. The van der Waals surface area contributed by atoms with Gasteiger partial charge in [0.25, 0.3) is 0 Å². The number of aliphatic hydroxyl groups excluding tert-OH is 1. The Labute approximate surface area is 78.9 Å². The Hall–Kier alpha value is -0.110. The molecular formula is C9H17O3P. The van der Waals surface area contributed by atoms with E-state index in [2.05, 4.69) is 0 Å². The summed E-state index contributed by atoms with van der Waals surface area (Å²) < 4.78 is 11.7. The summed E-state index contributed by atoms with van der Waals surface area (Å²) >= 11 is 0. The van der Waals surface area contributed by atoms with Gasteiger partial charge in [0.2, 0.25) is 7.37 Å². The Morgan fingerprint density at radius 2 is 2.38 bits per heavy atom. The standard InChI is InChI=1S/C9H17O3P/c1-2-3-6-13(11,12)9-5-4-8(10)7-9/h7-8,10H,2-6H2,1H3,(H,11,12). The molecule has 1 aliphatic carbocycles. The molecule has 0 aromatic heterocycles. The zero-order chi connectivity index (χ0) is 9.90. The second kappa shape index (κ2) is 4.41. The normalized spacial score (nSPS) is 27.0. The van der Waals surface area contributed by atoms with Crippen LogP contribution in [0.2, 0.25) is 0 Å². The van der Waals surface area contributed by atoms with Crippen LogP contribution in [0.1, 0.15) is 32.6 Å². The van der Waals surface area contributed by atoms with Crippen LogP contribution in [-0.2, 0) is 4.57 Å². The molecule has 0 radical (unpaired) electrons. The quantitative estimate of drug-likeness (QED) is 0.689. The summed E-state index contributed by atoms with van der Waals surface area (Å²) in [7, 11) is -3.09. The number of hydrogen-bond donors (Lipinski definition) is 2. The molecule has 0 aliphatic heterocycles. The molecule has 0 aromatic carbocycles. The third kappa shape index (κ3) is 2.94. The van der Waals surface area contributed by atoms with Crippen molar-refractivity contribution in [2.75, 3.05) is 6.16 Å². The van der Waals surface area contributed by atoms with Crippen molar-refractivity contribution in [1.82, 2.24) is 0 Å². The second-order valence-corrected chi connectivity index (χ2v) is 5.97. The van der Waals surface area contributed by atoms with Crippen molar-refractivity contribution in [1.29, 1.82) is 0 Å². The van der Waals surface area contributed by atoms with E-state index in [1.54, 1.807) is 6.08 Å². The van der Waals surface area contributed by atoms with Crippen molar-refractivity contribution < 1.29 is 14.6 Å². The highest BCUT2D eigenvalue weighted by Crippen LogP contribution is 2.54. The molecule has 2 N–H and O–H groups in total. The van der Waals surface area contributed by atoms with Gasteiger partial charge in [-0.05, 0) is 25.3 Å². The van der Waals surface area contributed by atoms with E-state index in [0.717, 1.165) is 12.8 Å². The predicted octanol–water partition coefficient (Wildman–Crippen LogP) is 2.10. The first-order valence-corrected chi connectivity index (χ1v) is 6.62. The highest BCUT2D eigenvalue weighted by atomic mass is 31.2. The molecule has 0 heterocycles. The van der Waals surface area contributed by atoms with Crippen molar-refractivity contribution in [2.24, 2.45) is 0 Å². The lowest BCUT2D eigenvalue weighted by Crippen LogP contribution is -1.93. The zero-order valence-corrected chi connectivity index (χ0v) is 8.83. The third-order valence-electron chi connectivity index (χ3n) is 2.34. The topological polar surface area (TPSA) is 57.5 Å². The maximum atomic E-state index is 11.7. The number of aliphatic hydroxyl groups is 1. The molecule has 3 nitrogen and oxygen atoms in total. The first kappa shape index (κ1) is 11.0. The molecule has 2 unspecified atom stereocenters. The van der Waals surface area contributed by atoms with Gasteiger partial charge in [-0.1, -0.05) is 13.3 Å². The first-order chi connectivity index (χ1) is 6.06. The third-order valence-corrected chi connectivity index (χ3v) is 4.54. The molecule has 2 atom stereocenters. The lowest BCUT2D eigenvalue weighted by atomic mass is 10.3. The minimum Gasteiger partial charge on any atom is -0.389 e. The van der Waals surface area contributed by atoms with Crippen molar-refractivity contribution in [3.05, 3.63) is 11.4 Å². The van der Waals surface area contributed by atoms with E-state index in [9.17, 15) is 14.6 Å². The van der Waals surface area contributed by atoms with Crippen LogP contribution in [0.25, 0.3) is 0 Å². The van der Waals surface area contributed by atoms with E-state index in [1.807, 2.05) is 6.92 Å². The fourth-order valence-corrected chi connectivity index (χ4v) is 3.41. The molecule has 13 heavy (non-hydrogen) atoms. The van der Waals surface area contributed by atoms with Gasteiger partial charge >= 0.3 is 0 Å². The Bertz CT molecular complexity index is 247. The van der Waals surface area contributed by atoms with Gasteiger partial charge in [0, 0.05) is 11.5 Å². The van der Waals surface area contributed by atoms with Crippen LogP contribution in [0, 0.1) is 0 Å². The molecule has 76 valence electrons. The molecule has 0 fully saturated rings. The van der Waals surface area contributed by atoms with Crippen molar-refractivity contribution in [3.63, 3.8) is 0 Å². The summed E-state index contributed by atoms with van der Waals surface area (Å²) in [6.07, 6.45) is 4.31. The fourth-order valence-electron chi connectivity index (χ4n) is 1.49. The summed E-state index contributed by atoms with van der Waals surface area (Å²) in [6, 6.07) is 0. The number of hydrogen-bond acceptors (Lipinski definition) is 2. The largest absolute Gasteiger partial charge is 0.389 e. The van der Waals surface area contributed by atoms with E-state index in [-0.39, 0.29) is 0 Å². The Morgan fingerprint density at radius 1 is 1.69 bits per heavy atom. The first-order valence-electron chi connectivity index (χ1n) is 4.77. The summed E-state index contributed by atoms with van der Waals surface area (Å²) in [6.45, 7) is 2.00. The van der Waals surface area contributed by atoms with E-state index >= 15 is 0 Å². The van der Waals surface area contributed by atoms with Gasteiger partial charge in [-0.25, -0.2) is 0 Å². The van der Waals surface area contributed by atoms with Crippen molar-refractivity contribution in [3.8, 4) is 0 Å². The van der Waals surface area contributed by atoms with Gasteiger partial charge in [0.15, 0.2) is 0 Å². The molecule has 0 aromatic rings. The molecule has 0 amide bonds. The molecule has 0 bridgehead atoms. The van der Waals surface area contributed by atoms with E-state index in [1.165, 1.54) is 0 Å². The second-order valence-electron chi connectivity index (χ2n) is 3.54. The maximum Gasteiger partial charge on any atom is 0.225 e.